The fourth-order valence-corrected chi connectivity index (χ4v) is 3.25. The first kappa shape index (κ1) is 15.3. The van der Waals surface area contributed by atoms with Gasteiger partial charge in [-0.1, -0.05) is 32.4 Å². The van der Waals surface area contributed by atoms with E-state index < -0.39 is 0 Å². The predicted octanol–water partition coefficient (Wildman–Crippen LogP) is 3.64. The Morgan fingerprint density at radius 3 is 2.63 bits per heavy atom. The van der Waals surface area contributed by atoms with E-state index in [1.54, 1.807) is 0 Å². The van der Waals surface area contributed by atoms with Gasteiger partial charge in [-0.05, 0) is 53.1 Å². The first-order valence-electron chi connectivity index (χ1n) is 7.44. The highest BCUT2D eigenvalue weighted by atomic mass is 127. The van der Waals surface area contributed by atoms with E-state index in [1.807, 2.05) is 0 Å². The molecular formula is C16H25IN2. The highest BCUT2D eigenvalue weighted by Gasteiger charge is 2.25. The van der Waals surface area contributed by atoms with Crippen molar-refractivity contribution in [1.82, 2.24) is 10.2 Å². The van der Waals surface area contributed by atoms with E-state index in [4.69, 9.17) is 0 Å². The molecule has 1 aromatic carbocycles. The number of benzene rings is 1. The van der Waals surface area contributed by atoms with Crippen molar-refractivity contribution in [3.63, 3.8) is 0 Å². The molecule has 1 aromatic rings. The van der Waals surface area contributed by atoms with Crippen LogP contribution in [-0.4, -0.2) is 30.1 Å². The molecule has 1 N–H and O–H groups in total. The molecule has 2 atom stereocenters. The number of rotatable bonds is 5. The summed E-state index contributed by atoms with van der Waals surface area (Å²) in [5.41, 5.74) is 1.44. The van der Waals surface area contributed by atoms with Gasteiger partial charge < -0.3 is 5.32 Å². The van der Waals surface area contributed by atoms with Gasteiger partial charge in [0.1, 0.15) is 0 Å². The van der Waals surface area contributed by atoms with Crippen LogP contribution in [0.3, 0.4) is 0 Å². The first-order valence-corrected chi connectivity index (χ1v) is 8.52. The summed E-state index contributed by atoms with van der Waals surface area (Å²) in [4.78, 5) is 2.67. The van der Waals surface area contributed by atoms with E-state index in [0.29, 0.717) is 12.1 Å². The third-order valence-corrected chi connectivity index (χ3v) is 4.74. The largest absolute Gasteiger partial charge is 0.311 e. The summed E-state index contributed by atoms with van der Waals surface area (Å²) in [5, 5.41) is 3.70. The Morgan fingerprint density at radius 1 is 1.26 bits per heavy atom. The van der Waals surface area contributed by atoms with E-state index in [9.17, 15) is 0 Å². The van der Waals surface area contributed by atoms with Crippen LogP contribution in [0.25, 0.3) is 0 Å². The van der Waals surface area contributed by atoms with Crippen molar-refractivity contribution >= 4 is 22.6 Å². The van der Waals surface area contributed by atoms with E-state index >= 15 is 0 Å². The van der Waals surface area contributed by atoms with E-state index in [1.165, 1.54) is 34.9 Å². The lowest BCUT2D eigenvalue weighted by atomic mass is 10.0. The first-order chi connectivity index (χ1) is 9.22. The number of halogens is 1. The molecule has 106 valence electrons. The minimum absolute atomic E-state index is 0.677. The maximum atomic E-state index is 3.70. The van der Waals surface area contributed by atoms with Gasteiger partial charge in [-0.25, -0.2) is 0 Å². The average molecular weight is 372 g/mol. The quantitative estimate of drug-likeness (QED) is 0.794. The zero-order valence-corrected chi connectivity index (χ0v) is 14.2. The maximum absolute atomic E-state index is 3.70. The second-order valence-corrected chi connectivity index (χ2v) is 6.76. The fourth-order valence-electron chi connectivity index (χ4n) is 2.89. The van der Waals surface area contributed by atoms with Crippen LogP contribution in [0.15, 0.2) is 24.3 Å². The molecule has 1 aliphatic heterocycles. The molecule has 0 aromatic heterocycles. The lowest BCUT2D eigenvalue weighted by Gasteiger charge is -2.40. The van der Waals surface area contributed by atoms with Gasteiger partial charge in [-0.3, -0.25) is 4.90 Å². The van der Waals surface area contributed by atoms with E-state index in [2.05, 4.69) is 70.9 Å². The molecule has 0 amide bonds. The topological polar surface area (TPSA) is 15.3 Å². The normalized spacial score (nSPS) is 24.6. The van der Waals surface area contributed by atoms with Crippen molar-refractivity contribution in [3.05, 3.63) is 33.4 Å². The smallest absolute Gasteiger partial charge is 0.0237 e. The van der Waals surface area contributed by atoms with Crippen molar-refractivity contribution in [2.75, 3.05) is 13.1 Å². The van der Waals surface area contributed by atoms with Crippen molar-refractivity contribution in [2.24, 2.45) is 0 Å². The molecule has 0 bridgehead atoms. The minimum Gasteiger partial charge on any atom is -0.311 e. The SMILES string of the molecule is CCCC1CN(Cc2ccc(I)cc2)C(CC)CN1. The second-order valence-electron chi connectivity index (χ2n) is 5.51. The molecule has 2 nitrogen and oxygen atoms in total. The van der Waals surface area contributed by atoms with Crippen LogP contribution in [0.1, 0.15) is 38.7 Å². The van der Waals surface area contributed by atoms with Crippen molar-refractivity contribution < 1.29 is 0 Å². The van der Waals surface area contributed by atoms with Crippen LogP contribution in [0.2, 0.25) is 0 Å². The Balaban J connectivity index is 1.99. The Kier molecular flexibility index (Phi) is 6.10. The van der Waals surface area contributed by atoms with Gasteiger partial charge in [0.2, 0.25) is 0 Å². The lowest BCUT2D eigenvalue weighted by molar-refractivity contribution is 0.115. The van der Waals surface area contributed by atoms with Gasteiger partial charge in [0.15, 0.2) is 0 Å². The van der Waals surface area contributed by atoms with Crippen molar-refractivity contribution in [2.45, 2.75) is 51.7 Å². The van der Waals surface area contributed by atoms with Crippen LogP contribution >= 0.6 is 22.6 Å². The molecular weight excluding hydrogens is 347 g/mol. The molecule has 1 heterocycles. The summed E-state index contributed by atoms with van der Waals surface area (Å²) < 4.78 is 1.32. The fraction of sp³-hybridized carbons (Fsp3) is 0.625. The maximum Gasteiger partial charge on any atom is 0.0237 e. The molecule has 2 unspecified atom stereocenters. The Bertz CT molecular complexity index is 377. The highest BCUT2D eigenvalue weighted by molar-refractivity contribution is 14.1. The molecule has 0 saturated carbocycles. The monoisotopic (exact) mass is 372 g/mol. The van der Waals surface area contributed by atoms with Crippen molar-refractivity contribution in [1.29, 1.82) is 0 Å². The highest BCUT2D eigenvalue weighted by Crippen LogP contribution is 2.17. The number of hydrogen-bond acceptors (Lipinski definition) is 2. The molecule has 19 heavy (non-hydrogen) atoms. The summed E-state index contributed by atoms with van der Waals surface area (Å²) in [5.74, 6) is 0. The van der Waals surface area contributed by atoms with E-state index in [-0.39, 0.29) is 0 Å². The standard InChI is InChI=1S/C16H25IN2/c1-3-5-15-12-19(16(4-2)10-18-15)11-13-6-8-14(17)9-7-13/h6-9,15-16,18H,3-5,10-12H2,1-2H3. The summed E-state index contributed by atoms with van der Waals surface area (Å²) in [6.07, 6.45) is 3.79. The van der Waals surface area contributed by atoms with Crippen LogP contribution in [0.4, 0.5) is 0 Å². The zero-order chi connectivity index (χ0) is 13.7. The van der Waals surface area contributed by atoms with Crippen molar-refractivity contribution in [3.8, 4) is 0 Å². The number of hydrogen-bond donors (Lipinski definition) is 1. The Morgan fingerprint density at radius 2 is 2.00 bits per heavy atom. The van der Waals surface area contributed by atoms with Crippen LogP contribution in [0, 0.1) is 3.57 Å². The minimum atomic E-state index is 0.677. The summed E-state index contributed by atoms with van der Waals surface area (Å²) in [6, 6.07) is 10.3. The van der Waals surface area contributed by atoms with Gasteiger partial charge in [0, 0.05) is 35.3 Å². The summed E-state index contributed by atoms with van der Waals surface area (Å²) in [6.45, 7) is 8.01. The number of nitrogens with one attached hydrogen (secondary N) is 1. The van der Waals surface area contributed by atoms with Crippen LogP contribution in [0.5, 0.6) is 0 Å². The van der Waals surface area contributed by atoms with E-state index in [0.717, 1.165) is 13.1 Å². The second kappa shape index (κ2) is 7.60. The third kappa shape index (κ3) is 4.43. The Hall–Kier alpha value is -0.130. The third-order valence-electron chi connectivity index (χ3n) is 4.02. The van der Waals surface area contributed by atoms with Gasteiger partial charge in [0.05, 0.1) is 0 Å². The zero-order valence-electron chi connectivity index (χ0n) is 12.0. The van der Waals surface area contributed by atoms with Crippen LogP contribution < -0.4 is 5.32 Å². The molecule has 3 heteroatoms. The molecule has 0 radical (unpaired) electrons. The lowest BCUT2D eigenvalue weighted by Crippen LogP contribution is -2.55. The molecule has 1 saturated heterocycles. The molecule has 0 spiro atoms. The molecule has 1 aliphatic rings. The molecule has 2 rings (SSSR count). The van der Waals surface area contributed by atoms with Crippen LogP contribution in [-0.2, 0) is 6.54 Å². The molecule has 0 aliphatic carbocycles. The Labute approximate surface area is 131 Å². The molecule has 1 fully saturated rings. The van der Waals surface area contributed by atoms with Gasteiger partial charge in [-0.2, -0.15) is 0 Å². The number of nitrogens with zero attached hydrogens (tertiary/aromatic N) is 1. The van der Waals surface area contributed by atoms with Gasteiger partial charge in [0.25, 0.3) is 0 Å². The number of piperazine rings is 1. The van der Waals surface area contributed by atoms with Gasteiger partial charge in [-0.15, -0.1) is 0 Å². The average Bonchev–Trinajstić information content (AvgIpc) is 2.42. The van der Waals surface area contributed by atoms with Gasteiger partial charge >= 0.3 is 0 Å². The summed E-state index contributed by atoms with van der Waals surface area (Å²) in [7, 11) is 0. The predicted molar refractivity (Wildman–Crippen MR) is 90.3 cm³/mol. The summed E-state index contributed by atoms with van der Waals surface area (Å²) >= 11 is 2.37.